The lowest BCUT2D eigenvalue weighted by atomic mass is 9.91. The number of halogens is 1. The number of ether oxygens (including phenoxy) is 1. The van der Waals surface area contributed by atoms with E-state index < -0.39 is 6.10 Å². The van der Waals surface area contributed by atoms with Crippen LogP contribution in [0.25, 0.3) is 0 Å². The highest BCUT2D eigenvalue weighted by Crippen LogP contribution is 2.47. The minimum absolute atomic E-state index is 0.0783. The second-order valence-corrected chi connectivity index (χ2v) is 6.38. The highest BCUT2D eigenvalue weighted by Gasteiger charge is 2.33. The standard InChI is InChI=1S/C18H17ClO2/c19-12-7-8-17-15(9-12)16(20)10-18(21-17)14-4-2-1-3-13(14)11-5-6-11/h1-4,7-9,11,16,18,20H,5-6,10H2. The Morgan fingerprint density at radius 3 is 2.52 bits per heavy atom. The number of rotatable bonds is 2. The third-order valence-electron chi connectivity index (χ3n) is 4.40. The summed E-state index contributed by atoms with van der Waals surface area (Å²) in [5, 5.41) is 11.1. The van der Waals surface area contributed by atoms with Crippen molar-refractivity contribution in [3.8, 4) is 5.75 Å². The smallest absolute Gasteiger partial charge is 0.127 e. The summed E-state index contributed by atoms with van der Waals surface area (Å²) in [5.41, 5.74) is 3.40. The number of aliphatic hydroxyl groups excluding tert-OH is 1. The van der Waals surface area contributed by atoms with Crippen molar-refractivity contribution in [1.82, 2.24) is 0 Å². The zero-order valence-electron chi connectivity index (χ0n) is 11.6. The maximum atomic E-state index is 10.4. The average Bonchev–Trinajstić information content (AvgIpc) is 3.32. The summed E-state index contributed by atoms with van der Waals surface area (Å²) in [4.78, 5) is 0. The van der Waals surface area contributed by atoms with Crippen LogP contribution in [0.15, 0.2) is 42.5 Å². The van der Waals surface area contributed by atoms with E-state index in [1.54, 1.807) is 6.07 Å². The molecule has 2 nitrogen and oxygen atoms in total. The third kappa shape index (κ3) is 2.43. The minimum Gasteiger partial charge on any atom is -0.485 e. The summed E-state index contributed by atoms with van der Waals surface area (Å²) in [6.07, 6.45) is 2.50. The lowest BCUT2D eigenvalue weighted by Gasteiger charge is -2.31. The molecule has 1 aliphatic carbocycles. The normalized spacial score (nSPS) is 24.3. The molecule has 1 saturated carbocycles. The second-order valence-electron chi connectivity index (χ2n) is 5.94. The molecule has 2 aromatic rings. The fraction of sp³-hybridized carbons (Fsp3) is 0.333. The molecule has 0 radical (unpaired) electrons. The quantitative estimate of drug-likeness (QED) is 0.865. The largest absolute Gasteiger partial charge is 0.485 e. The van der Waals surface area contributed by atoms with Gasteiger partial charge in [0.15, 0.2) is 0 Å². The zero-order valence-corrected chi connectivity index (χ0v) is 12.4. The Morgan fingerprint density at radius 1 is 1.00 bits per heavy atom. The lowest BCUT2D eigenvalue weighted by molar-refractivity contribution is 0.0653. The highest BCUT2D eigenvalue weighted by atomic mass is 35.5. The summed E-state index contributed by atoms with van der Waals surface area (Å²) in [7, 11) is 0. The van der Waals surface area contributed by atoms with E-state index in [-0.39, 0.29) is 6.10 Å². The first-order valence-corrected chi connectivity index (χ1v) is 7.83. The molecule has 3 heteroatoms. The number of fused-ring (bicyclic) bond motifs is 1. The molecular weight excluding hydrogens is 284 g/mol. The molecule has 1 fully saturated rings. The fourth-order valence-corrected chi connectivity index (χ4v) is 3.36. The summed E-state index contributed by atoms with van der Waals surface area (Å²) >= 11 is 6.00. The Bertz CT molecular complexity index is 679. The molecule has 2 atom stereocenters. The van der Waals surface area contributed by atoms with E-state index in [0.29, 0.717) is 17.4 Å². The van der Waals surface area contributed by atoms with Gasteiger partial charge in [0.25, 0.3) is 0 Å². The van der Waals surface area contributed by atoms with Crippen LogP contribution in [0, 0.1) is 0 Å². The van der Waals surface area contributed by atoms with Crippen molar-refractivity contribution in [2.24, 2.45) is 0 Å². The molecule has 4 rings (SSSR count). The minimum atomic E-state index is -0.523. The lowest BCUT2D eigenvalue weighted by Crippen LogP contribution is -2.20. The molecule has 1 aliphatic heterocycles. The first-order valence-electron chi connectivity index (χ1n) is 7.45. The summed E-state index contributed by atoms with van der Waals surface area (Å²) in [6.45, 7) is 0. The Labute approximate surface area is 129 Å². The maximum absolute atomic E-state index is 10.4. The van der Waals surface area contributed by atoms with Crippen LogP contribution >= 0.6 is 11.6 Å². The first-order chi connectivity index (χ1) is 10.2. The molecule has 2 aromatic carbocycles. The predicted octanol–water partition coefficient (Wildman–Crippen LogP) is 4.77. The van der Waals surface area contributed by atoms with Crippen molar-refractivity contribution in [2.45, 2.75) is 37.4 Å². The molecule has 2 aliphatic rings. The van der Waals surface area contributed by atoms with Crippen LogP contribution in [0.3, 0.4) is 0 Å². The van der Waals surface area contributed by atoms with Gasteiger partial charge >= 0.3 is 0 Å². The van der Waals surface area contributed by atoms with Crippen LogP contribution in [-0.2, 0) is 0 Å². The molecule has 0 aromatic heterocycles. The zero-order chi connectivity index (χ0) is 14.4. The van der Waals surface area contributed by atoms with Crippen LogP contribution < -0.4 is 4.74 Å². The molecule has 1 N–H and O–H groups in total. The van der Waals surface area contributed by atoms with E-state index in [4.69, 9.17) is 16.3 Å². The van der Waals surface area contributed by atoms with E-state index in [1.807, 2.05) is 18.2 Å². The van der Waals surface area contributed by atoms with Gasteiger partial charge in [-0.2, -0.15) is 0 Å². The highest BCUT2D eigenvalue weighted by molar-refractivity contribution is 6.30. The van der Waals surface area contributed by atoms with Gasteiger partial charge in [-0.1, -0.05) is 35.9 Å². The van der Waals surface area contributed by atoms with Crippen molar-refractivity contribution in [3.05, 3.63) is 64.2 Å². The van der Waals surface area contributed by atoms with Crippen LogP contribution in [0.5, 0.6) is 5.75 Å². The maximum Gasteiger partial charge on any atom is 0.127 e. The van der Waals surface area contributed by atoms with Crippen molar-refractivity contribution in [1.29, 1.82) is 0 Å². The van der Waals surface area contributed by atoms with Crippen molar-refractivity contribution in [3.63, 3.8) is 0 Å². The van der Waals surface area contributed by atoms with E-state index in [2.05, 4.69) is 18.2 Å². The van der Waals surface area contributed by atoms with Crippen molar-refractivity contribution >= 4 is 11.6 Å². The topological polar surface area (TPSA) is 29.5 Å². The summed E-state index contributed by atoms with van der Waals surface area (Å²) in [6, 6.07) is 13.9. The van der Waals surface area contributed by atoms with Gasteiger partial charge in [0.2, 0.25) is 0 Å². The third-order valence-corrected chi connectivity index (χ3v) is 4.63. The Morgan fingerprint density at radius 2 is 1.76 bits per heavy atom. The molecule has 0 bridgehead atoms. The van der Waals surface area contributed by atoms with Gasteiger partial charge in [-0.15, -0.1) is 0 Å². The Balaban J connectivity index is 1.71. The average molecular weight is 301 g/mol. The molecule has 21 heavy (non-hydrogen) atoms. The van der Waals surface area contributed by atoms with Gasteiger partial charge in [-0.25, -0.2) is 0 Å². The Kier molecular flexibility index (Phi) is 3.16. The number of aliphatic hydroxyl groups is 1. The molecule has 0 spiro atoms. The van der Waals surface area contributed by atoms with Gasteiger partial charge in [0, 0.05) is 17.0 Å². The van der Waals surface area contributed by atoms with Crippen molar-refractivity contribution < 1.29 is 9.84 Å². The SMILES string of the molecule is OC1CC(c2ccccc2C2CC2)Oc2ccc(Cl)cc21. The number of benzene rings is 2. The first kappa shape index (κ1) is 13.2. The van der Waals surface area contributed by atoms with Gasteiger partial charge in [-0.3, -0.25) is 0 Å². The molecule has 2 unspecified atom stereocenters. The molecule has 108 valence electrons. The second kappa shape index (κ2) is 5.04. The number of hydrogen-bond donors (Lipinski definition) is 1. The van der Waals surface area contributed by atoms with Crippen LogP contribution in [0.4, 0.5) is 0 Å². The van der Waals surface area contributed by atoms with Crippen LogP contribution in [-0.4, -0.2) is 5.11 Å². The summed E-state index contributed by atoms with van der Waals surface area (Å²) in [5.74, 6) is 1.42. The fourth-order valence-electron chi connectivity index (χ4n) is 3.18. The van der Waals surface area contributed by atoms with Gasteiger partial charge in [0.1, 0.15) is 11.9 Å². The predicted molar refractivity (Wildman–Crippen MR) is 82.8 cm³/mol. The van der Waals surface area contributed by atoms with Gasteiger partial charge in [-0.05, 0) is 48.1 Å². The van der Waals surface area contributed by atoms with E-state index in [9.17, 15) is 5.11 Å². The van der Waals surface area contributed by atoms with Gasteiger partial charge < -0.3 is 9.84 Å². The van der Waals surface area contributed by atoms with E-state index in [0.717, 1.165) is 11.3 Å². The Hall–Kier alpha value is -1.51. The number of hydrogen-bond acceptors (Lipinski definition) is 2. The van der Waals surface area contributed by atoms with Crippen molar-refractivity contribution in [2.75, 3.05) is 0 Å². The molecule has 0 saturated heterocycles. The van der Waals surface area contributed by atoms with E-state index >= 15 is 0 Å². The van der Waals surface area contributed by atoms with Crippen LogP contribution in [0.2, 0.25) is 5.02 Å². The monoisotopic (exact) mass is 300 g/mol. The molecule has 0 amide bonds. The molecular formula is C18H17ClO2. The molecule has 1 heterocycles. The van der Waals surface area contributed by atoms with Crippen LogP contribution in [0.1, 0.15) is 54.1 Å². The van der Waals surface area contributed by atoms with Gasteiger partial charge in [0.05, 0.1) is 6.10 Å². The van der Waals surface area contributed by atoms with E-state index in [1.165, 1.54) is 24.0 Å². The summed E-state index contributed by atoms with van der Waals surface area (Å²) < 4.78 is 6.14.